The number of carbonyl (C=O) groups is 1. The quantitative estimate of drug-likeness (QED) is 0.785. The zero-order valence-electron chi connectivity index (χ0n) is 10.7. The van der Waals surface area contributed by atoms with Gasteiger partial charge in [-0.3, -0.25) is 0 Å². The van der Waals surface area contributed by atoms with Crippen molar-refractivity contribution < 1.29 is 14.3 Å². The predicted molar refractivity (Wildman–Crippen MR) is 68.9 cm³/mol. The highest BCUT2D eigenvalue weighted by Gasteiger charge is 2.06. The Hall–Kier alpha value is -2.94. The van der Waals surface area contributed by atoms with Crippen LogP contribution in [0.25, 0.3) is 0 Å². The maximum absolute atomic E-state index is 11.4. The van der Waals surface area contributed by atoms with Gasteiger partial charge in [0.2, 0.25) is 5.88 Å². The molecule has 2 aromatic rings. The van der Waals surface area contributed by atoms with E-state index in [-0.39, 0.29) is 12.3 Å². The predicted octanol–water partition coefficient (Wildman–Crippen LogP) is 1.71. The van der Waals surface area contributed by atoms with E-state index in [1.807, 2.05) is 12.1 Å². The summed E-state index contributed by atoms with van der Waals surface area (Å²) in [6.07, 6.45) is 1.26. The summed E-state index contributed by atoms with van der Waals surface area (Å²) in [4.78, 5) is 19.1. The maximum Gasteiger partial charge on any atom is 0.337 e. The van der Waals surface area contributed by atoms with E-state index in [1.165, 1.54) is 19.5 Å². The first-order chi connectivity index (χ1) is 9.72. The Bertz CT molecular complexity index is 665. The number of nitrogens with zero attached hydrogens (tertiary/aromatic N) is 3. The molecule has 0 radical (unpaired) electrons. The van der Waals surface area contributed by atoms with E-state index in [1.54, 1.807) is 18.2 Å². The summed E-state index contributed by atoms with van der Waals surface area (Å²) in [6, 6.07) is 10.3. The standard InChI is InChI=1S/C14H11N3O3/c1-19-14(18)11-4-2-3-10(5-11)8-20-13-6-12(7-15)16-9-17-13/h2-6,9H,8H2,1H3. The Kier molecular flexibility index (Phi) is 4.24. The fourth-order valence-corrected chi connectivity index (χ4v) is 1.54. The van der Waals surface area contributed by atoms with E-state index in [0.29, 0.717) is 11.4 Å². The number of esters is 1. The third-order valence-corrected chi connectivity index (χ3v) is 2.49. The molecule has 0 atom stereocenters. The SMILES string of the molecule is COC(=O)c1cccc(COc2cc(C#N)ncn2)c1. The zero-order valence-corrected chi connectivity index (χ0v) is 10.7. The van der Waals surface area contributed by atoms with Gasteiger partial charge in [-0.15, -0.1) is 0 Å². The van der Waals surface area contributed by atoms with Crippen molar-refractivity contribution in [3.8, 4) is 11.9 Å². The Labute approximate surface area is 115 Å². The highest BCUT2D eigenvalue weighted by Crippen LogP contribution is 2.11. The third kappa shape index (κ3) is 3.29. The van der Waals surface area contributed by atoms with E-state index >= 15 is 0 Å². The minimum absolute atomic E-state index is 0.229. The van der Waals surface area contributed by atoms with E-state index in [9.17, 15) is 4.79 Å². The second-order valence-electron chi connectivity index (χ2n) is 3.83. The second-order valence-corrected chi connectivity index (χ2v) is 3.83. The molecule has 0 aliphatic rings. The molecule has 6 nitrogen and oxygen atoms in total. The lowest BCUT2D eigenvalue weighted by Gasteiger charge is -2.06. The maximum atomic E-state index is 11.4. The largest absolute Gasteiger partial charge is 0.473 e. The van der Waals surface area contributed by atoms with Gasteiger partial charge in [0.15, 0.2) is 0 Å². The molecular formula is C14H11N3O3. The minimum Gasteiger partial charge on any atom is -0.473 e. The third-order valence-electron chi connectivity index (χ3n) is 2.49. The lowest BCUT2D eigenvalue weighted by molar-refractivity contribution is 0.0600. The fraction of sp³-hybridized carbons (Fsp3) is 0.143. The molecule has 0 aliphatic heterocycles. The Balaban J connectivity index is 2.07. The first-order valence-corrected chi connectivity index (χ1v) is 5.75. The number of ether oxygens (including phenoxy) is 2. The monoisotopic (exact) mass is 269 g/mol. The molecule has 0 amide bonds. The summed E-state index contributed by atoms with van der Waals surface area (Å²) >= 11 is 0. The van der Waals surface area contributed by atoms with Gasteiger partial charge >= 0.3 is 5.97 Å². The van der Waals surface area contributed by atoms with Crippen molar-refractivity contribution >= 4 is 5.97 Å². The van der Waals surface area contributed by atoms with Gasteiger partial charge in [0.25, 0.3) is 0 Å². The van der Waals surface area contributed by atoms with Crippen LogP contribution in [0.4, 0.5) is 0 Å². The molecule has 0 N–H and O–H groups in total. The molecule has 0 aliphatic carbocycles. The van der Waals surface area contributed by atoms with Crippen LogP contribution in [0.5, 0.6) is 5.88 Å². The van der Waals surface area contributed by atoms with Gasteiger partial charge in [0, 0.05) is 6.07 Å². The van der Waals surface area contributed by atoms with Crippen molar-refractivity contribution in [1.82, 2.24) is 9.97 Å². The zero-order chi connectivity index (χ0) is 14.4. The topological polar surface area (TPSA) is 85.1 Å². The number of aromatic nitrogens is 2. The van der Waals surface area contributed by atoms with Gasteiger partial charge < -0.3 is 9.47 Å². The molecule has 1 heterocycles. The van der Waals surface area contributed by atoms with Gasteiger partial charge in [-0.25, -0.2) is 14.8 Å². The minimum atomic E-state index is -0.402. The molecule has 0 spiro atoms. The van der Waals surface area contributed by atoms with Gasteiger partial charge in [-0.2, -0.15) is 5.26 Å². The van der Waals surface area contributed by atoms with Crippen molar-refractivity contribution in [1.29, 1.82) is 5.26 Å². The summed E-state index contributed by atoms with van der Waals surface area (Å²) < 4.78 is 10.1. The summed E-state index contributed by atoms with van der Waals surface area (Å²) in [6.45, 7) is 0.229. The normalized spacial score (nSPS) is 9.60. The molecule has 0 fully saturated rings. The van der Waals surface area contributed by atoms with E-state index in [4.69, 9.17) is 10.00 Å². The van der Waals surface area contributed by atoms with Gasteiger partial charge in [0.1, 0.15) is 24.7 Å². The lowest BCUT2D eigenvalue weighted by Crippen LogP contribution is -2.03. The number of hydrogen-bond donors (Lipinski definition) is 0. The van der Waals surface area contributed by atoms with Crippen LogP contribution in [0.15, 0.2) is 36.7 Å². The van der Waals surface area contributed by atoms with Crippen LogP contribution in [-0.4, -0.2) is 23.0 Å². The van der Waals surface area contributed by atoms with Crippen LogP contribution >= 0.6 is 0 Å². The van der Waals surface area contributed by atoms with Crippen LogP contribution in [0, 0.1) is 11.3 Å². The van der Waals surface area contributed by atoms with Gasteiger partial charge in [-0.05, 0) is 17.7 Å². The number of hydrogen-bond acceptors (Lipinski definition) is 6. The Morgan fingerprint density at radius 3 is 2.95 bits per heavy atom. The van der Waals surface area contributed by atoms with Crippen molar-refractivity contribution in [3.63, 3.8) is 0 Å². The molecule has 1 aromatic carbocycles. The first kappa shape index (κ1) is 13.5. The number of rotatable bonds is 4. The molecule has 100 valence electrons. The average molecular weight is 269 g/mol. The molecule has 2 rings (SSSR count). The van der Waals surface area contributed by atoms with Gasteiger partial charge in [-0.1, -0.05) is 12.1 Å². The van der Waals surface area contributed by atoms with E-state index in [2.05, 4.69) is 14.7 Å². The van der Waals surface area contributed by atoms with Crippen LogP contribution in [0.1, 0.15) is 21.6 Å². The average Bonchev–Trinajstić information content (AvgIpc) is 2.52. The summed E-state index contributed by atoms with van der Waals surface area (Å²) in [5.74, 6) is -0.0966. The van der Waals surface area contributed by atoms with E-state index < -0.39 is 5.97 Å². The van der Waals surface area contributed by atoms with Crippen molar-refractivity contribution in [2.75, 3.05) is 7.11 Å². The lowest BCUT2D eigenvalue weighted by atomic mass is 10.1. The first-order valence-electron chi connectivity index (χ1n) is 5.75. The summed E-state index contributed by atoms with van der Waals surface area (Å²) in [7, 11) is 1.33. The van der Waals surface area contributed by atoms with Crippen molar-refractivity contribution in [2.24, 2.45) is 0 Å². The molecule has 20 heavy (non-hydrogen) atoms. The van der Waals surface area contributed by atoms with Crippen LogP contribution in [0.3, 0.4) is 0 Å². The molecule has 0 saturated heterocycles. The van der Waals surface area contributed by atoms with Crippen molar-refractivity contribution in [2.45, 2.75) is 6.61 Å². The number of methoxy groups -OCH3 is 1. The van der Waals surface area contributed by atoms with Gasteiger partial charge in [0.05, 0.1) is 12.7 Å². The molecule has 0 unspecified atom stereocenters. The van der Waals surface area contributed by atoms with Crippen molar-refractivity contribution in [3.05, 3.63) is 53.5 Å². The summed E-state index contributed by atoms with van der Waals surface area (Å²) in [5.41, 5.74) is 1.48. The highest BCUT2D eigenvalue weighted by molar-refractivity contribution is 5.89. The van der Waals surface area contributed by atoms with Crippen LogP contribution < -0.4 is 4.74 Å². The second kappa shape index (κ2) is 6.29. The summed E-state index contributed by atoms with van der Waals surface area (Å²) in [5, 5.41) is 8.72. The molecule has 1 aromatic heterocycles. The number of carbonyl (C=O) groups excluding carboxylic acids is 1. The molecule has 6 heteroatoms. The number of benzene rings is 1. The van der Waals surface area contributed by atoms with Crippen LogP contribution in [-0.2, 0) is 11.3 Å². The molecular weight excluding hydrogens is 258 g/mol. The Morgan fingerprint density at radius 1 is 1.35 bits per heavy atom. The van der Waals surface area contributed by atoms with E-state index in [0.717, 1.165) is 5.56 Å². The highest BCUT2D eigenvalue weighted by atomic mass is 16.5. The smallest absolute Gasteiger partial charge is 0.337 e. The molecule has 0 saturated carbocycles. The number of nitriles is 1. The van der Waals surface area contributed by atoms with Crippen LogP contribution in [0.2, 0.25) is 0 Å². The Morgan fingerprint density at radius 2 is 2.20 bits per heavy atom. The molecule has 0 bridgehead atoms. The fourth-order valence-electron chi connectivity index (χ4n) is 1.54.